The van der Waals surface area contributed by atoms with Gasteiger partial charge in [-0.15, -0.1) is 0 Å². The van der Waals surface area contributed by atoms with Gasteiger partial charge in [0.1, 0.15) is 0 Å². The van der Waals surface area contributed by atoms with E-state index in [1.165, 1.54) is 18.2 Å². The van der Waals surface area contributed by atoms with Gasteiger partial charge in [-0.2, -0.15) is 0 Å². The number of nitrogens with one attached hydrogen (secondary N) is 2. The third-order valence-corrected chi connectivity index (χ3v) is 3.51. The number of anilines is 1. The number of amides is 2. The van der Waals surface area contributed by atoms with Gasteiger partial charge in [-0.1, -0.05) is 11.6 Å². The maximum atomic E-state index is 11.8. The van der Waals surface area contributed by atoms with Crippen molar-refractivity contribution >= 4 is 29.3 Å². The Morgan fingerprint density at radius 3 is 2.43 bits per heavy atom. The summed E-state index contributed by atoms with van der Waals surface area (Å²) in [4.78, 5) is 24.8. The van der Waals surface area contributed by atoms with Crippen LogP contribution in [-0.2, 0) is 0 Å². The number of carbonyl (C=O) groups excluding carboxylic acids is 1. The summed E-state index contributed by atoms with van der Waals surface area (Å²) >= 11 is 5.83. The van der Waals surface area contributed by atoms with Gasteiger partial charge in [0.05, 0.1) is 5.56 Å². The summed E-state index contributed by atoms with van der Waals surface area (Å²) < 4.78 is 0. The van der Waals surface area contributed by atoms with E-state index in [0.717, 1.165) is 0 Å². The van der Waals surface area contributed by atoms with E-state index in [4.69, 9.17) is 16.7 Å². The van der Waals surface area contributed by atoms with Gasteiger partial charge in [0, 0.05) is 22.8 Å². The average Bonchev–Trinajstić information content (AvgIpc) is 2.35. The number of carbonyl (C=O) groups is 2. The SMILES string of the molecule is CN(C)C(C)(C)CNC(=O)Nc1cc(Cl)cc(C(=O)O)c1. The van der Waals surface area contributed by atoms with Crippen molar-refractivity contribution < 1.29 is 14.7 Å². The number of halogens is 1. The fourth-order valence-corrected chi connectivity index (χ4v) is 1.65. The van der Waals surface area contributed by atoms with E-state index < -0.39 is 12.0 Å². The molecular formula is C14H20ClN3O3. The lowest BCUT2D eigenvalue weighted by atomic mass is 10.1. The van der Waals surface area contributed by atoms with Crippen molar-refractivity contribution in [1.82, 2.24) is 10.2 Å². The minimum absolute atomic E-state index is 0.0198. The molecule has 7 heteroatoms. The molecule has 116 valence electrons. The Balaban J connectivity index is 2.69. The topological polar surface area (TPSA) is 81.7 Å². The number of rotatable bonds is 5. The molecule has 1 aromatic carbocycles. The molecule has 0 radical (unpaired) electrons. The molecule has 0 saturated carbocycles. The molecule has 0 aromatic heterocycles. The highest BCUT2D eigenvalue weighted by Gasteiger charge is 2.21. The first-order valence-electron chi connectivity index (χ1n) is 6.38. The fraction of sp³-hybridized carbons (Fsp3) is 0.429. The molecule has 0 aliphatic carbocycles. The molecule has 0 aliphatic heterocycles. The van der Waals surface area contributed by atoms with E-state index in [0.29, 0.717) is 12.2 Å². The number of carboxylic acid groups (broad SMARTS) is 1. The van der Waals surface area contributed by atoms with Crippen LogP contribution < -0.4 is 10.6 Å². The van der Waals surface area contributed by atoms with Gasteiger partial charge in [-0.3, -0.25) is 0 Å². The molecule has 2 amide bonds. The van der Waals surface area contributed by atoms with Gasteiger partial charge in [-0.05, 0) is 46.1 Å². The van der Waals surface area contributed by atoms with Gasteiger partial charge in [-0.25, -0.2) is 9.59 Å². The first kappa shape index (κ1) is 17.3. The Labute approximate surface area is 129 Å². The van der Waals surface area contributed by atoms with Gasteiger partial charge >= 0.3 is 12.0 Å². The normalized spacial score (nSPS) is 11.3. The molecule has 1 rings (SSSR count). The summed E-state index contributed by atoms with van der Waals surface area (Å²) in [5.74, 6) is -1.10. The quantitative estimate of drug-likeness (QED) is 0.780. The predicted octanol–water partition coefficient (Wildman–Crippen LogP) is 2.50. The first-order chi connectivity index (χ1) is 9.61. The molecular weight excluding hydrogens is 294 g/mol. The average molecular weight is 314 g/mol. The molecule has 6 nitrogen and oxygen atoms in total. The smallest absolute Gasteiger partial charge is 0.335 e. The van der Waals surface area contributed by atoms with Crippen molar-refractivity contribution in [2.45, 2.75) is 19.4 Å². The van der Waals surface area contributed by atoms with Crippen LogP contribution in [0.2, 0.25) is 5.02 Å². The van der Waals surface area contributed by atoms with Crippen LogP contribution in [0, 0.1) is 0 Å². The Bertz CT molecular complexity index is 544. The predicted molar refractivity (Wildman–Crippen MR) is 83.2 cm³/mol. The maximum absolute atomic E-state index is 11.8. The number of aromatic carboxylic acids is 1. The van der Waals surface area contributed by atoms with Crippen LogP contribution in [0.4, 0.5) is 10.5 Å². The summed E-state index contributed by atoms with van der Waals surface area (Å²) in [5.41, 5.74) is 0.157. The lowest BCUT2D eigenvalue weighted by molar-refractivity contribution is 0.0697. The van der Waals surface area contributed by atoms with Crippen molar-refractivity contribution in [2.75, 3.05) is 26.0 Å². The van der Waals surface area contributed by atoms with E-state index >= 15 is 0 Å². The van der Waals surface area contributed by atoms with Crippen molar-refractivity contribution in [3.8, 4) is 0 Å². The van der Waals surface area contributed by atoms with Crippen LogP contribution in [0.1, 0.15) is 24.2 Å². The van der Waals surface area contributed by atoms with Gasteiger partial charge in [0.25, 0.3) is 0 Å². The Hall–Kier alpha value is -1.79. The van der Waals surface area contributed by atoms with Crippen LogP contribution in [0.3, 0.4) is 0 Å². The molecule has 3 N–H and O–H groups in total. The molecule has 0 fully saturated rings. The van der Waals surface area contributed by atoms with E-state index in [2.05, 4.69) is 10.6 Å². The summed E-state index contributed by atoms with van der Waals surface area (Å²) in [6, 6.07) is 3.75. The van der Waals surface area contributed by atoms with Crippen molar-refractivity contribution in [2.24, 2.45) is 0 Å². The van der Waals surface area contributed by atoms with Crippen LogP contribution in [-0.4, -0.2) is 48.2 Å². The van der Waals surface area contributed by atoms with E-state index in [-0.39, 0.29) is 16.1 Å². The Kier molecular flexibility index (Phi) is 5.57. The zero-order chi connectivity index (χ0) is 16.2. The van der Waals surface area contributed by atoms with Gasteiger partial charge in [0.15, 0.2) is 0 Å². The summed E-state index contributed by atoms with van der Waals surface area (Å²) in [6.45, 7) is 4.43. The molecule has 0 saturated heterocycles. The van der Waals surface area contributed by atoms with E-state index in [1.54, 1.807) is 0 Å². The van der Waals surface area contributed by atoms with E-state index in [1.807, 2.05) is 32.8 Å². The van der Waals surface area contributed by atoms with Crippen LogP contribution in [0.15, 0.2) is 18.2 Å². The molecule has 0 unspecified atom stereocenters. The Morgan fingerprint density at radius 2 is 1.90 bits per heavy atom. The van der Waals surface area contributed by atoms with Crippen molar-refractivity contribution in [3.63, 3.8) is 0 Å². The zero-order valence-electron chi connectivity index (χ0n) is 12.5. The first-order valence-corrected chi connectivity index (χ1v) is 6.76. The number of urea groups is 1. The van der Waals surface area contributed by atoms with Crippen molar-refractivity contribution in [1.29, 1.82) is 0 Å². The number of hydrogen-bond donors (Lipinski definition) is 3. The summed E-state index contributed by atoms with van der Waals surface area (Å²) in [7, 11) is 3.85. The van der Waals surface area contributed by atoms with Crippen LogP contribution >= 0.6 is 11.6 Å². The highest BCUT2D eigenvalue weighted by molar-refractivity contribution is 6.31. The van der Waals surface area contributed by atoms with Gasteiger partial charge in [0.2, 0.25) is 0 Å². The van der Waals surface area contributed by atoms with E-state index in [9.17, 15) is 9.59 Å². The molecule has 0 atom stereocenters. The largest absolute Gasteiger partial charge is 0.478 e. The Morgan fingerprint density at radius 1 is 1.29 bits per heavy atom. The monoisotopic (exact) mass is 313 g/mol. The highest BCUT2D eigenvalue weighted by Crippen LogP contribution is 2.19. The van der Waals surface area contributed by atoms with Crippen LogP contribution in [0.25, 0.3) is 0 Å². The molecule has 0 spiro atoms. The number of carboxylic acids is 1. The molecule has 0 heterocycles. The zero-order valence-corrected chi connectivity index (χ0v) is 13.3. The number of benzene rings is 1. The minimum Gasteiger partial charge on any atom is -0.478 e. The number of nitrogens with zero attached hydrogens (tertiary/aromatic N) is 1. The summed E-state index contributed by atoms with van der Waals surface area (Å²) in [6.07, 6.45) is 0. The minimum atomic E-state index is -1.10. The van der Waals surface area contributed by atoms with Crippen LogP contribution in [0.5, 0.6) is 0 Å². The number of hydrogen-bond acceptors (Lipinski definition) is 3. The van der Waals surface area contributed by atoms with Crippen molar-refractivity contribution in [3.05, 3.63) is 28.8 Å². The second kappa shape index (κ2) is 6.78. The second-order valence-electron chi connectivity index (χ2n) is 5.55. The lowest BCUT2D eigenvalue weighted by Gasteiger charge is -2.32. The van der Waals surface area contributed by atoms with Gasteiger partial charge < -0.3 is 20.6 Å². The molecule has 1 aromatic rings. The lowest BCUT2D eigenvalue weighted by Crippen LogP contribution is -2.49. The molecule has 0 bridgehead atoms. The molecule has 21 heavy (non-hydrogen) atoms. The third kappa shape index (κ3) is 5.24. The fourth-order valence-electron chi connectivity index (χ4n) is 1.42. The third-order valence-electron chi connectivity index (χ3n) is 3.29. The highest BCUT2D eigenvalue weighted by atomic mass is 35.5. The standard InChI is InChI=1S/C14H20ClN3O3/c1-14(2,18(3)4)8-16-13(21)17-11-6-9(12(19)20)5-10(15)7-11/h5-7H,8H2,1-4H3,(H,19,20)(H2,16,17,21). The maximum Gasteiger partial charge on any atom is 0.335 e. The number of likely N-dealkylation sites (N-methyl/N-ethyl adjacent to an activating group) is 1. The molecule has 0 aliphatic rings. The second-order valence-corrected chi connectivity index (χ2v) is 5.98. The summed E-state index contributed by atoms with van der Waals surface area (Å²) in [5, 5.41) is 14.5.